The number of carbonyl (C=O) groups is 5. The minimum atomic E-state index is -2.52. The van der Waals surface area contributed by atoms with Gasteiger partial charge in [0, 0.05) is 12.8 Å². The third-order valence-electron chi connectivity index (χ3n) is 15.5. The molecule has 0 saturated carbocycles. The number of allylic oxidation sites excluding steroid dienone is 2. The van der Waals surface area contributed by atoms with E-state index in [-0.39, 0.29) is 60.0 Å². The molecule has 0 aromatic rings. The molecular formula is C64H120CaO15. The average molecular weight is 1170 g/mol. The van der Waals surface area contributed by atoms with E-state index in [0.29, 0.717) is 25.7 Å². The summed E-state index contributed by atoms with van der Waals surface area (Å²) in [5, 5.41) is 67.7. The Balaban J connectivity index is -0.000000792. The first kappa shape index (κ1) is 80.4. The minimum Gasteiger partial charge on any atom is -1.00 e. The number of hydrogen-bond donors (Lipinski definition) is 7. The average Bonchev–Trinajstić information content (AvgIpc) is 3.76. The maximum absolute atomic E-state index is 13.4. The molecule has 0 amide bonds. The molecule has 80 heavy (non-hydrogen) atoms. The number of hydrogen-bond acceptors (Lipinski definition) is 12. The number of aliphatic hydroxyl groups is 4. The Morgan fingerprint density at radius 3 is 1.20 bits per heavy atom. The number of ketones is 1. The Kier molecular flexibility index (Phi) is 56.7. The zero-order valence-corrected chi connectivity index (χ0v) is 53.2. The van der Waals surface area contributed by atoms with Crippen LogP contribution >= 0.6 is 0 Å². The molecule has 16 heteroatoms. The summed E-state index contributed by atoms with van der Waals surface area (Å²) in [6.07, 6.45) is 43.7. The second-order valence-corrected chi connectivity index (χ2v) is 22.7. The number of Topliss-reactive ketones (excluding diaryl/α,β-unsaturated/α-hetero) is 1. The van der Waals surface area contributed by atoms with Gasteiger partial charge in [-0.1, -0.05) is 258 Å². The standard InChI is InChI=1S/C40H74O9.C24H44O6.Ca.2H/c1-3-5-7-9-11-13-15-17-19-20-22-24-26-28-30-32-34(41)40(39(47)48,49-36(38(45)46)35(42)37(43)44)33-31-29-27-25-23-21-18-16-14-12-10-8-6-4-2;1-2-3-4-5-6-7-8-9-10-11-12-13-14-15-16-17-22(27)30-21(18-25)24-23(28)20(26)19-29-24;;;/h35-36,42H,3-33H2,1-2H3,(H,43,44)(H,45,46)(H,47,48);9-10,20-21,23-26,28H,2-8,11-19H2,1H3;;;/q;;+2;2*-1/b;10-9-;;;/t;20-,21+,23+,24+;;;/m.0.../s1. The first-order chi connectivity index (χ1) is 38.2. The molecule has 0 aromatic carbocycles. The Labute approximate surface area is 518 Å². The third kappa shape index (κ3) is 42.2. The van der Waals surface area contributed by atoms with Crippen LogP contribution in [0.1, 0.15) is 313 Å². The van der Waals surface area contributed by atoms with Gasteiger partial charge in [0.2, 0.25) is 5.60 Å². The number of carboxylic acids is 3. The topological polar surface area (TPSA) is 255 Å². The van der Waals surface area contributed by atoms with Gasteiger partial charge in [-0.2, -0.15) is 0 Å². The van der Waals surface area contributed by atoms with Gasteiger partial charge in [0.15, 0.2) is 24.1 Å². The van der Waals surface area contributed by atoms with Crippen molar-refractivity contribution < 1.29 is 76.8 Å². The number of esters is 1. The van der Waals surface area contributed by atoms with Crippen molar-refractivity contribution in [3.05, 3.63) is 12.2 Å². The summed E-state index contributed by atoms with van der Waals surface area (Å²) >= 11 is 0. The normalized spacial score (nSPS) is 17.0. The van der Waals surface area contributed by atoms with E-state index in [9.17, 15) is 59.7 Å². The van der Waals surface area contributed by atoms with E-state index in [1.54, 1.807) is 0 Å². The maximum atomic E-state index is 13.4. The first-order valence-electron chi connectivity index (χ1n) is 32.2. The summed E-state index contributed by atoms with van der Waals surface area (Å²) in [6.45, 7) is 6.25. The predicted molar refractivity (Wildman–Crippen MR) is 322 cm³/mol. The van der Waals surface area contributed by atoms with Gasteiger partial charge in [-0.15, -0.1) is 0 Å². The van der Waals surface area contributed by atoms with Crippen LogP contribution in [0.2, 0.25) is 0 Å². The van der Waals surface area contributed by atoms with Crippen LogP contribution in [0.5, 0.6) is 0 Å². The van der Waals surface area contributed by atoms with Crippen molar-refractivity contribution in [3.63, 3.8) is 0 Å². The Bertz CT molecular complexity index is 1530. The van der Waals surface area contributed by atoms with Crippen LogP contribution < -0.4 is 0 Å². The largest absolute Gasteiger partial charge is 2.00 e. The summed E-state index contributed by atoms with van der Waals surface area (Å²) < 4.78 is 15.8. The fourth-order valence-electron chi connectivity index (χ4n) is 10.3. The Morgan fingerprint density at radius 1 is 0.525 bits per heavy atom. The molecule has 1 fully saturated rings. The van der Waals surface area contributed by atoms with Crippen molar-refractivity contribution in [3.8, 4) is 0 Å². The molecule has 1 rings (SSSR count). The smallest absolute Gasteiger partial charge is 1.00 e. The van der Waals surface area contributed by atoms with E-state index in [1.807, 2.05) is 0 Å². The van der Waals surface area contributed by atoms with Crippen LogP contribution in [0.3, 0.4) is 0 Å². The molecule has 0 bridgehead atoms. The minimum absolute atomic E-state index is 0. The third-order valence-corrected chi connectivity index (χ3v) is 15.5. The predicted octanol–water partition coefficient (Wildman–Crippen LogP) is 14.3. The zero-order valence-electron chi connectivity index (χ0n) is 53.0. The van der Waals surface area contributed by atoms with E-state index < -0.39 is 78.5 Å². The molecule has 0 aliphatic carbocycles. The second kappa shape index (κ2) is 56.4. The van der Waals surface area contributed by atoms with E-state index >= 15 is 0 Å². The molecule has 7 N–H and O–H groups in total. The van der Waals surface area contributed by atoms with Crippen LogP contribution in [0.15, 0.2) is 12.2 Å². The van der Waals surface area contributed by atoms with Crippen LogP contribution in [0.4, 0.5) is 0 Å². The number of carbonyl (C=O) groups excluding carboxylic acids is 2. The fraction of sp³-hybridized carbons (Fsp3) is 0.891. The van der Waals surface area contributed by atoms with Crippen molar-refractivity contribution in [1.82, 2.24) is 0 Å². The molecule has 1 aliphatic heterocycles. The number of aliphatic hydroxyl groups excluding tert-OH is 4. The molecule has 15 nitrogen and oxygen atoms in total. The molecule has 7 atom stereocenters. The van der Waals surface area contributed by atoms with Crippen molar-refractivity contribution in [2.45, 2.75) is 352 Å². The molecule has 0 spiro atoms. The van der Waals surface area contributed by atoms with Crippen LogP contribution in [0, 0.1) is 0 Å². The van der Waals surface area contributed by atoms with Crippen LogP contribution in [-0.4, -0.2) is 159 Å². The number of aliphatic carboxylic acids is 3. The van der Waals surface area contributed by atoms with Gasteiger partial charge in [-0.05, 0) is 51.4 Å². The number of ether oxygens (including phenoxy) is 3. The van der Waals surface area contributed by atoms with E-state index in [2.05, 4.69) is 32.9 Å². The molecule has 0 radical (unpaired) electrons. The summed E-state index contributed by atoms with van der Waals surface area (Å²) in [7, 11) is 0. The molecule has 3 unspecified atom stereocenters. The van der Waals surface area contributed by atoms with Crippen LogP contribution in [-0.2, 0) is 38.2 Å². The van der Waals surface area contributed by atoms with E-state index in [1.165, 1.54) is 167 Å². The molecule has 0 aromatic heterocycles. The monoisotopic (exact) mass is 1170 g/mol. The maximum Gasteiger partial charge on any atom is 2.00 e. The van der Waals surface area contributed by atoms with Crippen molar-refractivity contribution in [2.75, 3.05) is 13.2 Å². The summed E-state index contributed by atoms with van der Waals surface area (Å²) in [4.78, 5) is 61.1. The number of carboxylic acid groups (broad SMARTS) is 3. The van der Waals surface area contributed by atoms with Gasteiger partial charge in [-0.3, -0.25) is 9.59 Å². The van der Waals surface area contributed by atoms with Gasteiger partial charge >= 0.3 is 61.6 Å². The molecular weight excluding hydrogens is 1050 g/mol. The second-order valence-electron chi connectivity index (χ2n) is 22.7. The number of unbranched alkanes of at least 4 members (excludes halogenated alkanes) is 38. The van der Waals surface area contributed by atoms with Gasteiger partial charge in [-0.25, -0.2) is 14.4 Å². The summed E-state index contributed by atoms with van der Waals surface area (Å²) in [5.41, 5.74) is -2.52. The van der Waals surface area contributed by atoms with Crippen molar-refractivity contribution in [2.24, 2.45) is 0 Å². The van der Waals surface area contributed by atoms with Gasteiger partial charge < -0.3 is 52.8 Å². The molecule has 468 valence electrons. The molecule has 1 aliphatic rings. The van der Waals surface area contributed by atoms with E-state index in [0.717, 1.165) is 83.5 Å². The van der Waals surface area contributed by atoms with E-state index in [4.69, 9.17) is 14.2 Å². The zero-order chi connectivity index (χ0) is 58.6. The summed E-state index contributed by atoms with van der Waals surface area (Å²) in [6, 6.07) is 0. The SMILES string of the molecule is CCCCCCCC/C=C\CCCCCCCC(=O)O[C@H](CO)[C@H]1OC[C@H](O)[C@H]1O.CCCCCCCCCCCCCCCCCC(=O)C(CCCCCCCCCCCCCCCC)(OC(C(=O)O)C(O)C(=O)O)C(=O)O.[Ca+2].[H-].[H-]. The Hall–Kier alpha value is -1.69. The molecule has 1 saturated heterocycles. The fourth-order valence-corrected chi connectivity index (χ4v) is 10.3. The van der Waals surface area contributed by atoms with Crippen molar-refractivity contribution in [1.29, 1.82) is 0 Å². The van der Waals surface area contributed by atoms with Gasteiger partial charge in [0.25, 0.3) is 0 Å². The Morgan fingerprint density at radius 2 is 0.875 bits per heavy atom. The van der Waals surface area contributed by atoms with Crippen LogP contribution in [0.25, 0.3) is 0 Å². The number of rotatable bonds is 56. The first-order valence-corrected chi connectivity index (χ1v) is 32.2. The summed E-state index contributed by atoms with van der Waals surface area (Å²) in [5.74, 6) is -6.51. The molecule has 1 heterocycles. The van der Waals surface area contributed by atoms with Gasteiger partial charge in [0.05, 0.1) is 13.2 Å². The van der Waals surface area contributed by atoms with Gasteiger partial charge in [0.1, 0.15) is 18.3 Å². The quantitative estimate of drug-likeness (QED) is 0.00983. The van der Waals surface area contributed by atoms with Crippen molar-refractivity contribution >= 4 is 67.4 Å².